The Balaban J connectivity index is 1.77. The first kappa shape index (κ1) is 13.2. The van der Waals surface area contributed by atoms with E-state index in [0.717, 1.165) is 24.2 Å². The summed E-state index contributed by atoms with van der Waals surface area (Å²) in [7, 11) is 0. The maximum absolute atomic E-state index is 9.21. The number of para-hydroxylation sites is 1. The molecule has 2 heteroatoms. The number of nitriles is 1. The van der Waals surface area contributed by atoms with Gasteiger partial charge in [-0.15, -0.1) is 0 Å². The van der Waals surface area contributed by atoms with Crippen LogP contribution in [0.3, 0.4) is 0 Å². The third-order valence-electron chi connectivity index (χ3n) is 3.01. The van der Waals surface area contributed by atoms with Crippen molar-refractivity contribution in [3.05, 3.63) is 66.2 Å². The van der Waals surface area contributed by atoms with Crippen LogP contribution < -0.4 is 4.74 Å². The maximum Gasteiger partial charge on any atom is 0.119 e. The van der Waals surface area contributed by atoms with Crippen LogP contribution in [0.2, 0.25) is 0 Å². The summed E-state index contributed by atoms with van der Waals surface area (Å²) in [6, 6.07) is 22.1. The molecule has 2 aromatic rings. The summed E-state index contributed by atoms with van der Waals surface area (Å²) >= 11 is 0. The van der Waals surface area contributed by atoms with Crippen LogP contribution in [0.1, 0.15) is 24.3 Å². The van der Waals surface area contributed by atoms with Crippen LogP contribution in [-0.4, -0.2) is 6.61 Å². The third kappa shape index (κ3) is 4.15. The maximum atomic E-state index is 9.21. The van der Waals surface area contributed by atoms with Crippen LogP contribution in [-0.2, 0) is 0 Å². The minimum atomic E-state index is -0.0411. The highest BCUT2D eigenvalue weighted by Crippen LogP contribution is 2.20. The average molecular weight is 251 g/mol. The van der Waals surface area contributed by atoms with Crippen molar-refractivity contribution in [1.82, 2.24) is 0 Å². The highest BCUT2D eigenvalue weighted by molar-refractivity contribution is 5.24. The monoisotopic (exact) mass is 251 g/mol. The van der Waals surface area contributed by atoms with Crippen molar-refractivity contribution >= 4 is 0 Å². The average Bonchev–Trinajstić information content (AvgIpc) is 2.49. The third-order valence-corrected chi connectivity index (χ3v) is 3.01. The van der Waals surface area contributed by atoms with Crippen molar-refractivity contribution in [2.45, 2.75) is 18.8 Å². The lowest BCUT2D eigenvalue weighted by molar-refractivity contribution is 0.305. The molecule has 2 nitrogen and oxygen atoms in total. The van der Waals surface area contributed by atoms with E-state index in [1.54, 1.807) is 0 Å². The smallest absolute Gasteiger partial charge is 0.119 e. The standard InChI is InChI=1S/C17H17NO/c18-14-16(15-8-3-1-4-9-15)10-7-13-19-17-11-5-2-6-12-17/h1-6,8-9,11-12,16H,7,10,13H2/t16-/m1/s1. The molecule has 0 heterocycles. The minimum Gasteiger partial charge on any atom is -0.494 e. The number of ether oxygens (including phenoxy) is 1. The Morgan fingerprint density at radius 2 is 1.58 bits per heavy atom. The Hall–Kier alpha value is -2.27. The number of nitrogens with zero attached hydrogens (tertiary/aromatic N) is 1. The van der Waals surface area contributed by atoms with E-state index < -0.39 is 0 Å². The van der Waals surface area contributed by atoms with E-state index in [1.807, 2.05) is 60.7 Å². The molecule has 19 heavy (non-hydrogen) atoms. The lowest BCUT2D eigenvalue weighted by Gasteiger charge is -2.10. The van der Waals surface area contributed by atoms with Gasteiger partial charge in [-0.25, -0.2) is 0 Å². The molecule has 0 aliphatic rings. The summed E-state index contributed by atoms with van der Waals surface area (Å²) in [5.41, 5.74) is 1.09. The number of rotatable bonds is 6. The summed E-state index contributed by atoms with van der Waals surface area (Å²) in [5, 5.41) is 9.21. The Morgan fingerprint density at radius 1 is 0.947 bits per heavy atom. The van der Waals surface area contributed by atoms with Crippen molar-refractivity contribution in [1.29, 1.82) is 5.26 Å². The molecule has 0 aromatic heterocycles. The van der Waals surface area contributed by atoms with Gasteiger partial charge in [-0.05, 0) is 30.5 Å². The first-order chi connectivity index (χ1) is 9.40. The van der Waals surface area contributed by atoms with E-state index >= 15 is 0 Å². The number of hydrogen-bond donors (Lipinski definition) is 0. The minimum absolute atomic E-state index is 0.0411. The molecule has 0 saturated heterocycles. The molecule has 0 amide bonds. The fraction of sp³-hybridized carbons (Fsp3) is 0.235. The van der Waals surface area contributed by atoms with Crippen LogP contribution in [0.4, 0.5) is 0 Å². The molecule has 2 rings (SSSR count). The topological polar surface area (TPSA) is 33.0 Å². The molecule has 0 unspecified atom stereocenters. The van der Waals surface area contributed by atoms with Crippen molar-refractivity contribution in [2.24, 2.45) is 0 Å². The Bertz CT molecular complexity index is 516. The van der Waals surface area contributed by atoms with Crippen LogP contribution in [0.25, 0.3) is 0 Å². The van der Waals surface area contributed by atoms with Crippen LogP contribution in [0.5, 0.6) is 5.75 Å². The summed E-state index contributed by atoms with van der Waals surface area (Å²) in [4.78, 5) is 0. The predicted octanol–water partition coefficient (Wildman–Crippen LogP) is 4.15. The van der Waals surface area contributed by atoms with Gasteiger partial charge in [0, 0.05) is 0 Å². The van der Waals surface area contributed by atoms with Crippen molar-refractivity contribution in [2.75, 3.05) is 6.61 Å². The first-order valence-electron chi connectivity index (χ1n) is 6.52. The fourth-order valence-corrected chi connectivity index (χ4v) is 1.99. The molecule has 0 bridgehead atoms. The molecule has 96 valence electrons. The molecule has 0 saturated carbocycles. The van der Waals surface area contributed by atoms with E-state index in [-0.39, 0.29) is 5.92 Å². The van der Waals surface area contributed by atoms with Crippen LogP contribution >= 0.6 is 0 Å². The van der Waals surface area contributed by atoms with Gasteiger partial charge in [-0.1, -0.05) is 48.5 Å². The second-order valence-corrected chi connectivity index (χ2v) is 4.40. The molecule has 0 fully saturated rings. The lowest BCUT2D eigenvalue weighted by Crippen LogP contribution is -2.01. The quantitative estimate of drug-likeness (QED) is 0.722. The van der Waals surface area contributed by atoms with E-state index in [4.69, 9.17) is 4.74 Å². The van der Waals surface area contributed by atoms with Gasteiger partial charge >= 0.3 is 0 Å². The molecular weight excluding hydrogens is 234 g/mol. The highest BCUT2D eigenvalue weighted by Gasteiger charge is 2.09. The fourth-order valence-electron chi connectivity index (χ4n) is 1.99. The van der Waals surface area contributed by atoms with Gasteiger partial charge in [0.2, 0.25) is 0 Å². The van der Waals surface area contributed by atoms with E-state index in [1.165, 1.54) is 0 Å². The first-order valence-corrected chi connectivity index (χ1v) is 6.52. The molecule has 0 aliphatic heterocycles. The van der Waals surface area contributed by atoms with Crippen LogP contribution in [0.15, 0.2) is 60.7 Å². The van der Waals surface area contributed by atoms with Gasteiger partial charge in [0.15, 0.2) is 0 Å². The Labute approximate surface area is 114 Å². The van der Waals surface area contributed by atoms with E-state index in [9.17, 15) is 5.26 Å². The summed E-state index contributed by atoms with van der Waals surface area (Å²) in [6.45, 7) is 0.648. The van der Waals surface area contributed by atoms with Gasteiger partial charge in [0.05, 0.1) is 18.6 Å². The van der Waals surface area contributed by atoms with Gasteiger partial charge in [-0.3, -0.25) is 0 Å². The summed E-state index contributed by atoms with van der Waals surface area (Å²) in [5.74, 6) is 0.844. The van der Waals surface area contributed by atoms with E-state index in [2.05, 4.69) is 6.07 Å². The molecule has 0 aliphatic carbocycles. The number of benzene rings is 2. The molecule has 2 aromatic carbocycles. The van der Waals surface area contributed by atoms with Crippen molar-refractivity contribution in [3.8, 4) is 11.8 Å². The van der Waals surface area contributed by atoms with E-state index in [0.29, 0.717) is 6.61 Å². The second-order valence-electron chi connectivity index (χ2n) is 4.40. The van der Waals surface area contributed by atoms with Crippen LogP contribution in [0, 0.1) is 11.3 Å². The largest absolute Gasteiger partial charge is 0.494 e. The highest BCUT2D eigenvalue weighted by atomic mass is 16.5. The molecule has 0 N–H and O–H groups in total. The van der Waals surface area contributed by atoms with Crippen molar-refractivity contribution < 1.29 is 4.74 Å². The lowest BCUT2D eigenvalue weighted by atomic mass is 9.96. The summed E-state index contributed by atoms with van der Waals surface area (Å²) < 4.78 is 5.63. The zero-order chi connectivity index (χ0) is 13.3. The SMILES string of the molecule is N#C[C@@H](CCCOc1ccccc1)c1ccccc1. The van der Waals surface area contributed by atoms with Gasteiger partial charge in [0.25, 0.3) is 0 Å². The Kier molecular flexibility index (Phi) is 5.01. The molecule has 0 radical (unpaired) electrons. The number of hydrogen-bond acceptors (Lipinski definition) is 2. The second kappa shape index (κ2) is 7.23. The van der Waals surface area contributed by atoms with Gasteiger partial charge in [-0.2, -0.15) is 5.26 Å². The molecule has 0 spiro atoms. The van der Waals surface area contributed by atoms with Crippen molar-refractivity contribution in [3.63, 3.8) is 0 Å². The zero-order valence-corrected chi connectivity index (χ0v) is 10.8. The molecular formula is C17H17NO. The molecule has 1 atom stereocenters. The van der Waals surface area contributed by atoms with Gasteiger partial charge < -0.3 is 4.74 Å². The predicted molar refractivity (Wildman–Crippen MR) is 76.0 cm³/mol. The summed E-state index contributed by atoms with van der Waals surface area (Å²) in [6.07, 6.45) is 1.70. The van der Waals surface area contributed by atoms with Gasteiger partial charge in [0.1, 0.15) is 5.75 Å². The normalized spacial score (nSPS) is 11.5. The Morgan fingerprint density at radius 3 is 2.21 bits per heavy atom. The zero-order valence-electron chi connectivity index (χ0n) is 10.8.